The summed E-state index contributed by atoms with van der Waals surface area (Å²) in [5, 5.41) is 32.7. The molecule has 0 saturated carbocycles. The molecule has 0 aromatic rings. The van der Waals surface area contributed by atoms with Crippen LogP contribution < -0.4 is 0 Å². The number of carbonyl (C=O) groups excluding carboxylic acids is 1. The second-order valence-corrected chi connectivity index (χ2v) is 16.1. The van der Waals surface area contributed by atoms with E-state index < -0.39 is 18.3 Å². The van der Waals surface area contributed by atoms with Crippen LogP contribution in [0.3, 0.4) is 0 Å². The van der Waals surface area contributed by atoms with Crippen LogP contribution in [0.15, 0.2) is 11.1 Å². The van der Waals surface area contributed by atoms with Gasteiger partial charge in [0.2, 0.25) is 0 Å². The molecule has 2 saturated heterocycles. The molecule has 3 aliphatic rings. The van der Waals surface area contributed by atoms with Crippen molar-refractivity contribution in [3.8, 4) is 0 Å². The van der Waals surface area contributed by atoms with Crippen LogP contribution in [0, 0.1) is 16.2 Å². The Morgan fingerprint density at radius 1 is 0.814 bits per heavy atom. The molecule has 0 aromatic heterocycles. The Labute approximate surface area is 262 Å². The largest absolute Gasteiger partial charge is 0.455 e. The standard InChI is InChI=1S/C36H64O7/c1-10-18-35(6,7)36(8,9)19-11-12-27(38)29-13-15-31(42-29)32-16-14-30(43-32)28(39)17-20-34(4,5)22-25(37)21-26-23(2)24(3)41-33(26)40/h24-25,27-32,37-39H,10-22H2,1-9H3/t24-,25?,27-,28+,29+,30+,31+,32+/m0/s1. The lowest BCUT2D eigenvalue weighted by Gasteiger charge is -2.42. The third kappa shape index (κ3) is 9.75. The van der Waals surface area contributed by atoms with E-state index in [1.807, 2.05) is 13.8 Å². The van der Waals surface area contributed by atoms with Crippen molar-refractivity contribution in [1.29, 1.82) is 0 Å². The smallest absolute Gasteiger partial charge is 0.334 e. The average molecular weight is 609 g/mol. The zero-order valence-electron chi connectivity index (χ0n) is 28.8. The van der Waals surface area contributed by atoms with Crippen LogP contribution in [0.4, 0.5) is 0 Å². The van der Waals surface area contributed by atoms with Crippen LogP contribution >= 0.6 is 0 Å². The van der Waals surface area contributed by atoms with Gasteiger partial charge in [0, 0.05) is 12.0 Å². The van der Waals surface area contributed by atoms with Crippen molar-refractivity contribution in [2.24, 2.45) is 16.2 Å². The molecule has 0 bridgehead atoms. The van der Waals surface area contributed by atoms with Crippen LogP contribution in [-0.2, 0) is 19.0 Å². The highest BCUT2D eigenvalue weighted by Crippen LogP contribution is 2.46. The number of ether oxygens (including phenoxy) is 3. The van der Waals surface area contributed by atoms with Crippen molar-refractivity contribution in [2.75, 3.05) is 0 Å². The lowest BCUT2D eigenvalue weighted by Crippen LogP contribution is -2.34. The van der Waals surface area contributed by atoms with Gasteiger partial charge in [0.1, 0.15) is 6.10 Å². The molecule has 250 valence electrons. The molecule has 0 spiro atoms. The molecular weight excluding hydrogens is 544 g/mol. The Hall–Kier alpha value is -0.990. The molecule has 0 amide bonds. The molecule has 0 aliphatic carbocycles. The van der Waals surface area contributed by atoms with Crippen molar-refractivity contribution in [3.05, 3.63) is 11.1 Å². The van der Waals surface area contributed by atoms with Gasteiger partial charge >= 0.3 is 5.97 Å². The van der Waals surface area contributed by atoms with Gasteiger partial charge in [-0.25, -0.2) is 4.79 Å². The Morgan fingerprint density at radius 2 is 1.35 bits per heavy atom. The van der Waals surface area contributed by atoms with E-state index in [2.05, 4.69) is 48.5 Å². The van der Waals surface area contributed by atoms with E-state index in [0.29, 0.717) is 24.8 Å². The van der Waals surface area contributed by atoms with Gasteiger partial charge in [-0.2, -0.15) is 0 Å². The van der Waals surface area contributed by atoms with Crippen molar-refractivity contribution < 1.29 is 34.3 Å². The summed E-state index contributed by atoms with van der Waals surface area (Å²) < 4.78 is 17.9. The number of carbonyl (C=O) groups is 1. The van der Waals surface area contributed by atoms with E-state index in [1.165, 1.54) is 12.8 Å². The molecule has 7 heteroatoms. The minimum atomic E-state index is -0.635. The predicted molar refractivity (Wildman–Crippen MR) is 171 cm³/mol. The summed E-state index contributed by atoms with van der Waals surface area (Å²) in [7, 11) is 0. The summed E-state index contributed by atoms with van der Waals surface area (Å²) in [5.74, 6) is -0.316. The highest BCUT2D eigenvalue weighted by Gasteiger charge is 2.42. The van der Waals surface area contributed by atoms with Crippen molar-refractivity contribution in [2.45, 2.75) is 195 Å². The van der Waals surface area contributed by atoms with E-state index in [0.717, 1.165) is 56.9 Å². The summed E-state index contributed by atoms with van der Waals surface area (Å²) in [5.41, 5.74) is 1.82. The number of hydrogen-bond acceptors (Lipinski definition) is 7. The van der Waals surface area contributed by atoms with E-state index in [1.54, 1.807) is 0 Å². The normalized spacial score (nSPS) is 29.3. The first kappa shape index (κ1) is 36.5. The van der Waals surface area contributed by atoms with Gasteiger partial charge in [-0.3, -0.25) is 0 Å². The minimum Gasteiger partial charge on any atom is -0.455 e. The van der Waals surface area contributed by atoms with Gasteiger partial charge in [-0.05, 0) is 99.9 Å². The average Bonchev–Trinajstić information content (AvgIpc) is 3.64. The maximum absolute atomic E-state index is 12.1. The molecule has 3 aliphatic heterocycles. The zero-order valence-corrected chi connectivity index (χ0v) is 28.8. The summed E-state index contributed by atoms with van der Waals surface area (Å²) in [4.78, 5) is 12.1. The third-order valence-electron chi connectivity index (χ3n) is 11.4. The SMILES string of the molecule is CCCC(C)(C)C(C)(C)CCC[C@H](O)[C@H]1CC[C@H]([C@H]2CC[C@H]([C@H](O)CCC(C)(C)CC(O)CC3=C(C)[C@H](C)OC3=O)O2)O1. The van der Waals surface area contributed by atoms with Crippen LogP contribution in [0.5, 0.6) is 0 Å². The first-order valence-corrected chi connectivity index (χ1v) is 17.2. The van der Waals surface area contributed by atoms with Gasteiger partial charge in [0.25, 0.3) is 0 Å². The summed E-state index contributed by atoms with van der Waals surface area (Å²) >= 11 is 0. The Balaban J connectivity index is 1.38. The topological polar surface area (TPSA) is 105 Å². The second-order valence-electron chi connectivity index (χ2n) is 16.1. The molecular formula is C36H64O7. The number of cyclic esters (lactones) is 1. The van der Waals surface area contributed by atoms with E-state index >= 15 is 0 Å². The second kappa shape index (κ2) is 15.1. The van der Waals surface area contributed by atoms with Gasteiger partial charge in [0.05, 0.1) is 42.7 Å². The van der Waals surface area contributed by atoms with Crippen LogP contribution in [0.2, 0.25) is 0 Å². The molecule has 2 fully saturated rings. The highest BCUT2D eigenvalue weighted by molar-refractivity contribution is 5.92. The fourth-order valence-corrected chi connectivity index (χ4v) is 7.48. The molecule has 8 atom stereocenters. The summed E-state index contributed by atoms with van der Waals surface area (Å²) in [6, 6.07) is 0. The van der Waals surface area contributed by atoms with Crippen LogP contribution in [-0.4, -0.2) is 70.1 Å². The van der Waals surface area contributed by atoms with Crippen molar-refractivity contribution in [1.82, 2.24) is 0 Å². The van der Waals surface area contributed by atoms with E-state index in [9.17, 15) is 20.1 Å². The molecule has 43 heavy (non-hydrogen) atoms. The lowest BCUT2D eigenvalue weighted by atomic mass is 9.63. The Kier molecular flexibility index (Phi) is 12.8. The van der Waals surface area contributed by atoms with E-state index in [4.69, 9.17) is 14.2 Å². The lowest BCUT2D eigenvalue weighted by molar-refractivity contribution is -0.139. The number of aliphatic hydroxyl groups excluding tert-OH is 3. The third-order valence-corrected chi connectivity index (χ3v) is 11.4. The summed E-state index contributed by atoms with van der Waals surface area (Å²) in [6.45, 7) is 19.7. The van der Waals surface area contributed by atoms with Crippen LogP contribution in [0.1, 0.15) is 146 Å². The summed E-state index contributed by atoms with van der Waals surface area (Å²) in [6.07, 6.45) is 8.58. The molecule has 7 nitrogen and oxygen atoms in total. The maximum atomic E-state index is 12.1. The molecule has 3 N–H and O–H groups in total. The fraction of sp³-hybridized carbons (Fsp3) is 0.917. The zero-order chi connectivity index (χ0) is 32.2. The first-order chi connectivity index (χ1) is 20.0. The number of rotatable bonds is 17. The van der Waals surface area contributed by atoms with Crippen LogP contribution in [0.25, 0.3) is 0 Å². The van der Waals surface area contributed by atoms with Crippen molar-refractivity contribution in [3.63, 3.8) is 0 Å². The van der Waals surface area contributed by atoms with Crippen molar-refractivity contribution >= 4 is 5.97 Å². The Bertz CT molecular complexity index is 938. The quantitative estimate of drug-likeness (QED) is 0.152. The fourth-order valence-electron chi connectivity index (χ4n) is 7.48. The molecule has 0 radical (unpaired) electrons. The predicted octanol–water partition coefficient (Wildman–Crippen LogP) is 7.04. The monoisotopic (exact) mass is 608 g/mol. The first-order valence-electron chi connectivity index (χ1n) is 17.2. The molecule has 0 aromatic carbocycles. The van der Waals surface area contributed by atoms with Gasteiger partial charge in [0.15, 0.2) is 0 Å². The van der Waals surface area contributed by atoms with E-state index in [-0.39, 0.29) is 52.7 Å². The number of hydrogen-bond donors (Lipinski definition) is 3. The molecule has 3 rings (SSSR count). The van der Waals surface area contributed by atoms with Gasteiger partial charge in [-0.15, -0.1) is 0 Å². The van der Waals surface area contributed by atoms with Gasteiger partial charge < -0.3 is 29.5 Å². The van der Waals surface area contributed by atoms with Gasteiger partial charge in [-0.1, -0.05) is 61.3 Å². The minimum absolute atomic E-state index is 0.0221. The number of esters is 1. The number of aliphatic hydroxyl groups is 3. The highest BCUT2D eigenvalue weighted by atomic mass is 16.6. The molecule has 3 heterocycles. The Morgan fingerprint density at radius 3 is 1.86 bits per heavy atom. The maximum Gasteiger partial charge on any atom is 0.334 e. The molecule has 1 unspecified atom stereocenters.